The van der Waals surface area contributed by atoms with E-state index in [1.165, 1.54) is 35.2 Å². The highest BCUT2D eigenvalue weighted by atomic mass is 35.5. The normalized spacial score (nSPS) is 10.7. The van der Waals surface area contributed by atoms with E-state index in [1.54, 1.807) is 28.9 Å². The van der Waals surface area contributed by atoms with Crippen LogP contribution in [0, 0.1) is 16.7 Å². The van der Waals surface area contributed by atoms with Gasteiger partial charge in [-0.25, -0.2) is 9.07 Å². The average molecular weight is 426 g/mol. The minimum absolute atomic E-state index is 0.176. The van der Waals surface area contributed by atoms with E-state index in [2.05, 4.69) is 10.4 Å². The molecule has 0 aliphatic rings. The van der Waals surface area contributed by atoms with Crippen LogP contribution < -0.4 is 5.32 Å². The van der Waals surface area contributed by atoms with Gasteiger partial charge in [0.25, 0.3) is 0 Å². The molecule has 0 atom stereocenters. The molecule has 2 aromatic carbocycles. The Morgan fingerprint density at radius 3 is 2.77 bits per heavy atom. The van der Waals surface area contributed by atoms with Gasteiger partial charge in [-0.1, -0.05) is 40.8 Å². The van der Waals surface area contributed by atoms with Crippen molar-refractivity contribution in [2.24, 2.45) is 0 Å². The molecule has 0 saturated carbocycles. The topological polar surface area (TPSA) is 46.9 Å². The van der Waals surface area contributed by atoms with Crippen LogP contribution in [0.1, 0.15) is 5.56 Å². The van der Waals surface area contributed by atoms with E-state index in [-0.39, 0.29) is 17.5 Å². The van der Waals surface area contributed by atoms with Crippen LogP contribution in [-0.2, 0) is 4.79 Å². The van der Waals surface area contributed by atoms with Gasteiger partial charge in [-0.2, -0.15) is 0 Å². The number of carbonyl (C=O) groups is 1. The van der Waals surface area contributed by atoms with Gasteiger partial charge in [-0.15, -0.1) is 5.10 Å². The first-order valence-electron chi connectivity index (χ1n) is 7.47. The lowest BCUT2D eigenvalue weighted by Crippen LogP contribution is -2.14. The van der Waals surface area contributed by atoms with Crippen LogP contribution in [0.25, 0.3) is 5.69 Å². The van der Waals surface area contributed by atoms with Crippen molar-refractivity contribution in [1.82, 2.24) is 9.78 Å². The van der Waals surface area contributed by atoms with Crippen molar-refractivity contribution in [3.05, 3.63) is 62.8 Å². The third-order valence-corrected chi connectivity index (χ3v) is 6.00. The Bertz CT molecular complexity index is 1000. The van der Waals surface area contributed by atoms with Crippen molar-refractivity contribution in [1.29, 1.82) is 0 Å². The van der Waals surface area contributed by atoms with Gasteiger partial charge in [0.05, 0.1) is 22.2 Å². The molecule has 3 aromatic rings. The molecule has 0 fully saturated rings. The molecule has 134 valence electrons. The number of benzene rings is 2. The second-order valence-electron chi connectivity index (χ2n) is 5.34. The van der Waals surface area contributed by atoms with Crippen LogP contribution in [0.5, 0.6) is 0 Å². The minimum Gasteiger partial charge on any atom is -0.324 e. The standard InChI is InChI=1S/C17H13ClFN3OS3/c1-10-2-7-14(13(18)8-10)20-15(23)9-25-16-21-22(17(24)26-16)12-5-3-11(19)4-6-12/h2-8H,9H2,1H3,(H,20,23). The van der Waals surface area contributed by atoms with Gasteiger partial charge in [0.1, 0.15) is 5.82 Å². The highest BCUT2D eigenvalue weighted by Gasteiger charge is 2.11. The Hall–Kier alpha value is -1.74. The smallest absolute Gasteiger partial charge is 0.234 e. The van der Waals surface area contributed by atoms with Crippen molar-refractivity contribution in [2.45, 2.75) is 11.3 Å². The first-order chi connectivity index (χ1) is 12.4. The second kappa shape index (κ2) is 8.30. The van der Waals surface area contributed by atoms with Crippen LogP contribution in [0.2, 0.25) is 5.02 Å². The first kappa shape index (κ1) is 19.0. The number of nitrogens with one attached hydrogen (secondary N) is 1. The Morgan fingerprint density at radius 1 is 1.35 bits per heavy atom. The van der Waals surface area contributed by atoms with Crippen molar-refractivity contribution in [3.8, 4) is 5.69 Å². The van der Waals surface area contributed by atoms with Gasteiger partial charge in [-0.05, 0) is 61.1 Å². The molecule has 1 heterocycles. The molecule has 0 spiro atoms. The number of aromatic nitrogens is 2. The van der Waals surface area contributed by atoms with Crippen molar-refractivity contribution in [3.63, 3.8) is 0 Å². The van der Waals surface area contributed by atoms with E-state index in [9.17, 15) is 9.18 Å². The number of halogens is 2. The summed E-state index contributed by atoms with van der Waals surface area (Å²) in [5.74, 6) is -0.331. The summed E-state index contributed by atoms with van der Waals surface area (Å²) in [6.45, 7) is 1.93. The largest absolute Gasteiger partial charge is 0.324 e. The number of thioether (sulfide) groups is 1. The fourth-order valence-electron chi connectivity index (χ4n) is 2.10. The van der Waals surface area contributed by atoms with Gasteiger partial charge in [0, 0.05) is 0 Å². The molecule has 3 rings (SSSR count). The predicted octanol–water partition coefficient (Wildman–Crippen LogP) is 5.50. The summed E-state index contributed by atoms with van der Waals surface area (Å²) in [5.41, 5.74) is 2.27. The molecule has 0 aliphatic carbocycles. The highest BCUT2D eigenvalue weighted by molar-refractivity contribution is 8.01. The summed E-state index contributed by atoms with van der Waals surface area (Å²) in [6.07, 6.45) is 0. The number of hydrogen-bond acceptors (Lipinski definition) is 5. The maximum absolute atomic E-state index is 13.0. The SMILES string of the molecule is Cc1ccc(NC(=O)CSc2nn(-c3ccc(F)cc3)c(=S)s2)c(Cl)c1. The van der Waals surface area contributed by atoms with E-state index >= 15 is 0 Å². The molecule has 0 saturated heterocycles. The second-order valence-corrected chi connectivity index (χ2v) is 8.59. The fraction of sp³-hybridized carbons (Fsp3) is 0.118. The van der Waals surface area contributed by atoms with Gasteiger partial charge >= 0.3 is 0 Å². The molecule has 1 amide bonds. The molecule has 1 N–H and O–H groups in total. The summed E-state index contributed by atoms with van der Waals surface area (Å²) in [7, 11) is 0. The van der Waals surface area contributed by atoms with E-state index in [4.69, 9.17) is 23.8 Å². The highest BCUT2D eigenvalue weighted by Crippen LogP contribution is 2.26. The van der Waals surface area contributed by atoms with E-state index in [0.29, 0.717) is 24.7 Å². The van der Waals surface area contributed by atoms with Crippen molar-refractivity contribution in [2.75, 3.05) is 11.1 Å². The van der Waals surface area contributed by atoms with Crippen molar-refractivity contribution >= 4 is 58.5 Å². The number of hydrogen-bond donors (Lipinski definition) is 1. The predicted molar refractivity (Wildman–Crippen MR) is 108 cm³/mol. The molecule has 0 unspecified atom stereocenters. The van der Waals surface area contributed by atoms with Crippen LogP contribution in [0.3, 0.4) is 0 Å². The Balaban J connectivity index is 1.64. The monoisotopic (exact) mass is 425 g/mol. The number of carbonyl (C=O) groups excluding carboxylic acids is 1. The fourth-order valence-corrected chi connectivity index (χ4v) is 4.54. The summed E-state index contributed by atoms with van der Waals surface area (Å²) >= 11 is 14.0. The molecule has 0 radical (unpaired) electrons. The maximum atomic E-state index is 13.0. The van der Waals surface area contributed by atoms with E-state index in [1.807, 2.05) is 13.0 Å². The zero-order valence-corrected chi connectivity index (χ0v) is 16.7. The van der Waals surface area contributed by atoms with Crippen LogP contribution in [-0.4, -0.2) is 21.4 Å². The first-order valence-corrected chi connectivity index (χ1v) is 10.1. The van der Waals surface area contributed by atoms with Gasteiger partial charge in [0.2, 0.25) is 5.91 Å². The lowest BCUT2D eigenvalue weighted by Gasteiger charge is -2.07. The molecule has 26 heavy (non-hydrogen) atoms. The maximum Gasteiger partial charge on any atom is 0.234 e. The Kier molecular flexibility index (Phi) is 6.08. The van der Waals surface area contributed by atoms with E-state index in [0.717, 1.165) is 5.56 Å². The van der Waals surface area contributed by atoms with Crippen LogP contribution >= 0.6 is 46.9 Å². The summed E-state index contributed by atoms with van der Waals surface area (Å²) < 4.78 is 15.8. The molecule has 0 bridgehead atoms. The minimum atomic E-state index is -0.323. The van der Waals surface area contributed by atoms with Crippen LogP contribution in [0.4, 0.5) is 10.1 Å². The summed E-state index contributed by atoms with van der Waals surface area (Å²) in [6, 6.07) is 11.3. The molecule has 1 aromatic heterocycles. The molecule has 0 aliphatic heterocycles. The number of anilines is 1. The number of rotatable bonds is 5. The quantitative estimate of drug-likeness (QED) is 0.433. The Labute approximate surface area is 168 Å². The summed E-state index contributed by atoms with van der Waals surface area (Å²) in [4.78, 5) is 12.1. The lowest BCUT2D eigenvalue weighted by molar-refractivity contribution is -0.113. The van der Waals surface area contributed by atoms with Gasteiger partial charge in [0.15, 0.2) is 8.29 Å². The van der Waals surface area contributed by atoms with Crippen molar-refractivity contribution < 1.29 is 9.18 Å². The zero-order valence-electron chi connectivity index (χ0n) is 13.5. The van der Waals surface area contributed by atoms with Gasteiger partial charge in [-0.3, -0.25) is 4.79 Å². The summed E-state index contributed by atoms with van der Waals surface area (Å²) in [5, 5.41) is 7.66. The third kappa shape index (κ3) is 4.70. The third-order valence-electron chi connectivity index (χ3n) is 3.33. The molecule has 4 nitrogen and oxygen atoms in total. The van der Waals surface area contributed by atoms with Crippen LogP contribution in [0.15, 0.2) is 46.8 Å². The number of nitrogens with zero attached hydrogens (tertiary/aromatic N) is 2. The van der Waals surface area contributed by atoms with Gasteiger partial charge < -0.3 is 5.32 Å². The average Bonchev–Trinajstić information content (AvgIpc) is 2.97. The zero-order chi connectivity index (χ0) is 18.7. The molecular weight excluding hydrogens is 413 g/mol. The molecule has 9 heteroatoms. The lowest BCUT2D eigenvalue weighted by atomic mass is 10.2. The Morgan fingerprint density at radius 2 is 2.08 bits per heavy atom. The number of amides is 1. The molecular formula is C17H13ClFN3OS3. The number of aryl methyl sites for hydroxylation is 1. The van der Waals surface area contributed by atoms with E-state index < -0.39 is 0 Å².